The number of phenols is 2. The summed E-state index contributed by atoms with van der Waals surface area (Å²) in [7, 11) is -3.17. The topological polar surface area (TPSA) is 121 Å². The maximum atomic E-state index is 12.7. The highest BCUT2D eigenvalue weighted by Crippen LogP contribution is 2.35. The Labute approximate surface area is 168 Å². The molecule has 2 aromatic rings. The number of hydrogen-bond donors (Lipinski definition) is 2. The van der Waals surface area contributed by atoms with Crippen molar-refractivity contribution in [3.8, 4) is 11.5 Å². The monoisotopic (exact) mass is 421 g/mol. The SMILES string of the molecule is CCN(C(=O)[C@H](C)OC(=O)c1cc(O)c2ccccc2c1O)[C@@H]1CCS(=O)(=O)C1. The van der Waals surface area contributed by atoms with Crippen LogP contribution in [0.25, 0.3) is 10.8 Å². The largest absolute Gasteiger partial charge is 0.507 e. The van der Waals surface area contributed by atoms with Gasteiger partial charge in [-0.25, -0.2) is 13.2 Å². The number of esters is 1. The predicted octanol–water partition coefficient (Wildman–Crippen LogP) is 1.83. The third kappa shape index (κ3) is 4.14. The number of ether oxygens (including phenoxy) is 1. The van der Waals surface area contributed by atoms with Crippen molar-refractivity contribution >= 4 is 32.5 Å². The Bertz CT molecular complexity index is 1060. The molecule has 3 rings (SSSR count). The Morgan fingerprint density at radius 3 is 2.48 bits per heavy atom. The highest BCUT2D eigenvalue weighted by atomic mass is 32.2. The van der Waals surface area contributed by atoms with Crippen LogP contribution in [0.15, 0.2) is 30.3 Å². The number of hydrogen-bond acceptors (Lipinski definition) is 7. The van der Waals surface area contributed by atoms with Crippen LogP contribution in [0.2, 0.25) is 0 Å². The van der Waals surface area contributed by atoms with E-state index < -0.39 is 33.9 Å². The minimum Gasteiger partial charge on any atom is -0.507 e. The molecule has 2 N–H and O–H groups in total. The van der Waals surface area contributed by atoms with Crippen molar-refractivity contribution in [2.24, 2.45) is 0 Å². The molecule has 1 heterocycles. The lowest BCUT2D eigenvalue weighted by Gasteiger charge is -2.29. The molecule has 0 saturated carbocycles. The number of amides is 1. The molecule has 0 spiro atoms. The van der Waals surface area contributed by atoms with Crippen LogP contribution in [0, 0.1) is 0 Å². The van der Waals surface area contributed by atoms with E-state index in [0.717, 1.165) is 6.07 Å². The van der Waals surface area contributed by atoms with Crippen LogP contribution in [0.4, 0.5) is 0 Å². The lowest BCUT2D eigenvalue weighted by Crippen LogP contribution is -2.46. The highest BCUT2D eigenvalue weighted by molar-refractivity contribution is 7.91. The van der Waals surface area contributed by atoms with E-state index in [2.05, 4.69) is 0 Å². The first-order valence-corrected chi connectivity index (χ1v) is 11.1. The summed E-state index contributed by atoms with van der Waals surface area (Å²) < 4.78 is 28.7. The number of fused-ring (bicyclic) bond motifs is 1. The number of carbonyl (C=O) groups excluding carboxylic acids is 2. The second-order valence-electron chi connectivity index (χ2n) is 7.07. The van der Waals surface area contributed by atoms with Gasteiger partial charge in [0.15, 0.2) is 15.9 Å². The summed E-state index contributed by atoms with van der Waals surface area (Å²) in [6.45, 7) is 3.40. The molecule has 1 amide bonds. The molecule has 2 atom stereocenters. The maximum absolute atomic E-state index is 12.7. The number of benzene rings is 2. The summed E-state index contributed by atoms with van der Waals surface area (Å²) >= 11 is 0. The quantitative estimate of drug-likeness (QED) is 0.558. The van der Waals surface area contributed by atoms with Gasteiger partial charge >= 0.3 is 5.97 Å². The molecule has 9 heteroatoms. The average Bonchev–Trinajstić information content (AvgIpc) is 3.04. The van der Waals surface area contributed by atoms with Crippen molar-refractivity contribution in [3.63, 3.8) is 0 Å². The Balaban J connectivity index is 1.79. The van der Waals surface area contributed by atoms with Gasteiger partial charge in [-0.15, -0.1) is 0 Å². The molecule has 1 fully saturated rings. The Hall–Kier alpha value is -2.81. The van der Waals surface area contributed by atoms with E-state index in [1.54, 1.807) is 31.2 Å². The van der Waals surface area contributed by atoms with Crippen LogP contribution in [-0.4, -0.2) is 65.6 Å². The standard InChI is InChI=1S/C20H23NO7S/c1-3-21(13-8-9-29(26,27)11-13)19(24)12(2)28-20(25)16-10-17(22)14-6-4-5-7-15(14)18(16)23/h4-7,10,12-13,22-23H,3,8-9,11H2,1-2H3/t12-,13+/m0/s1. The molecule has 0 aromatic heterocycles. The van der Waals surface area contributed by atoms with Crippen LogP contribution >= 0.6 is 0 Å². The molecule has 8 nitrogen and oxygen atoms in total. The van der Waals surface area contributed by atoms with Gasteiger partial charge in [-0.3, -0.25) is 4.79 Å². The third-order valence-corrected chi connectivity index (χ3v) is 6.87. The van der Waals surface area contributed by atoms with Crippen LogP contribution in [-0.2, 0) is 19.4 Å². The third-order valence-electron chi connectivity index (χ3n) is 5.12. The lowest BCUT2D eigenvalue weighted by molar-refractivity contribution is -0.141. The summed E-state index contributed by atoms with van der Waals surface area (Å²) in [5.41, 5.74) is -0.257. The number of sulfone groups is 1. The molecular formula is C20H23NO7S. The number of likely N-dealkylation sites (N-methyl/N-ethyl adjacent to an activating group) is 1. The normalized spacial score (nSPS) is 19.0. The van der Waals surface area contributed by atoms with Crippen LogP contribution < -0.4 is 0 Å². The van der Waals surface area contributed by atoms with Crippen LogP contribution in [0.1, 0.15) is 30.6 Å². The minimum atomic E-state index is -3.17. The lowest BCUT2D eigenvalue weighted by atomic mass is 10.0. The van der Waals surface area contributed by atoms with Gasteiger partial charge in [0.25, 0.3) is 5.91 Å². The van der Waals surface area contributed by atoms with Crippen molar-refractivity contribution < 1.29 is 33.0 Å². The van der Waals surface area contributed by atoms with Gasteiger partial charge in [0.1, 0.15) is 17.1 Å². The molecule has 0 unspecified atom stereocenters. The van der Waals surface area contributed by atoms with Crippen molar-refractivity contribution in [1.29, 1.82) is 0 Å². The fourth-order valence-corrected chi connectivity index (χ4v) is 5.35. The molecule has 0 radical (unpaired) electrons. The van der Waals surface area contributed by atoms with E-state index >= 15 is 0 Å². The summed E-state index contributed by atoms with van der Waals surface area (Å²) in [4.78, 5) is 26.7. The molecule has 29 heavy (non-hydrogen) atoms. The second-order valence-corrected chi connectivity index (χ2v) is 9.29. The van der Waals surface area contributed by atoms with Gasteiger partial charge in [0.2, 0.25) is 0 Å². The van der Waals surface area contributed by atoms with Crippen LogP contribution in [0.5, 0.6) is 11.5 Å². The Morgan fingerprint density at radius 2 is 1.90 bits per heavy atom. The molecule has 1 aliphatic heterocycles. The number of phenolic OH excluding ortho intramolecular Hbond substituents is 2. The Kier molecular flexibility index (Phi) is 5.70. The van der Waals surface area contributed by atoms with Gasteiger partial charge in [-0.2, -0.15) is 0 Å². The van der Waals surface area contributed by atoms with Crippen molar-refractivity contribution in [2.75, 3.05) is 18.1 Å². The van der Waals surface area contributed by atoms with Crippen molar-refractivity contribution in [2.45, 2.75) is 32.4 Å². The molecule has 1 aliphatic rings. The summed E-state index contributed by atoms with van der Waals surface area (Å²) in [6.07, 6.45) is -0.833. The van der Waals surface area contributed by atoms with Gasteiger partial charge in [-0.1, -0.05) is 24.3 Å². The van der Waals surface area contributed by atoms with Gasteiger partial charge < -0.3 is 19.8 Å². The highest BCUT2D eigenvalue weighted by Gasteiger charge is 2.36. The van der Waals surface area contributed by atoms with Crippen molar-refractivity contribution in [1.82, 2.24) is 4.90 Å². The Morgan fingerprint density at radius 1 is 1.24 bits per heavy atom. The fourth-order valence-electron chi connectivity index (χ4n) is 3.62. The molecule has 156 valence electrons. The first-order chi connectivity index (χ1) is 13.6. The van der Waals surface area contributed by atoms with Crippen molar-refractivity contribution in [3.05, 3.63) is 35.9 Å². The van der Waals surface area contributed by atoms with E-state index in [9.17, 15) is 28.2 Å². The van der Waals surface area contributed by atoms with Gasteiger partial charge in [0.05, 0.1) is 11.5 Å². The number of aromatic hydroxyl groups is 2. The molecule has 1 saturated heterocycles. The van der Waals surface area contributed by atoms with E-state index in [4.69, 9.17) is 4.74 Å². The second kappa shape index (κ2) is 7.90. The van der Waals surface area contributed by atoms with E-state index in [0.29, 0.717) is 11.8 Å². The van der Waals surface area contributed by atoms with Gasteiger partial charge in [0, 0.05) is 23.4 Å². The zero-order chi connectivity index (χ0) is 21.3. The summed E-state index contributed by atoms with van der Waals surface area (Å²) in [5, 5.41) is 21.2. The number of carbonyl (C=O) groups is 2. The van der Waals surface area contributed by atoms with E-state index in [1.807, 2.05) is 0 Å². The average molecular weight is 421 g/mol. The number of nitrogens with zero attached hydrogens (tertiary/aromatic N) is 1. The first-order valence-electron chi connectivity index (χ1n) is 9.30. The minimum absolute atomic E-state index is 0.0276. The maximum Gasteiger partial charge on any atom is 0.342 e. The smallest absolute Gasteiger partial charge is 0.342 e. The van der Waals surface area contributed by atoms with E-state index in [1.165, 1.54) is 11.8 Å². The summed E-state index contributed by atoms with van der Waals surface area (Å²) in [5.74, 6) is -2.09. The predicted molar refractivity (Wildman–Crippen MR) is 107 cm³/mol. The van der Waals surface area contributed by atoms with Gasteiger partial charge in [-0.05, 0) is 26.3 Å². The summed E-state index contributed by atoms with van der Waals surface area (Å²) in [6, 6.07) is 7.13. The van der Waals surface area contributed by atoms with Crippen LogP contribution in [0.3, 0.4) is 0 Å². The fraction of sp³-hybridized carbons (Fsp3) is 0.400. The molecule has 0 aliphatic carbocycles. The zero-order valence-corrected chi connectivity index (χ0v) is 17.0. The zero-order valence-electron chi connectivity index (χ0n) is 16.2. The molecule has 0 bridgehead atoms. The number of rotatable bonds is 5. The molecule has 2 aromatic carbocycles. The van der Waals surface area contributed by atoms with E-state index in [-0.39, 0.29) is 40.5 Å². The molecular weight excluding hydrogens is 398 g/mol. The first kappa shape index (κ1) is 20.9.